The number of halogens is 2. The third-order valence-corrected chi connectivity index (χ3v) is 7.46. The molecule has 0 unspecified atom stereocenters. The zero-order valence-corrected chi connectivity index (χ0v) is 26.0. The van der Waals surface area contributed by atoms with Gasteiger partial charge in [0, 0.05) is 49.1 Å². The summed E-state index contributed by atoms with van der Waals surface area (Å²) >= 11 is 0. The van der Waals surface area contributed by atoms with Gasteiger partial charge in [-0.15, -0.1) is 0 Å². The van der Waals surface area contributed by atoms with Crippen LogP contribution >= 0.6 is 0 Å². The molecule has 244 valence electrons. The van der Waals surface area contributed by atoms with Gasteiger partial charge in [0.25, 0.3) is 0 Å². The quantitative estimate of drug-likeness (QED) is 0.125. The Morgan fingerprint density at radius 2 is 1.67 bits per heavy atom. The van der Waals surface area contributed by atoms with Crippen LogP contribution in [0.2, 0.25) is 0 Å². The van der Waals surface area contributed by atoms with E-state index in [1.54, 1.807) is 0 Å². The molecule has 1 heterocycles. The molecule has 0 aliphatic rings. The fourth-order valence-corrected chi connectivity index (χ4v) is 5.09. The summed E-state index contributed by atoms with van der Waals surface area (Å²) in [6.45, 7) is 7.44. The molecule has 2 aromatic carbocycles. The zero-order valence-electron chi connectivity index (χ0n) is 26.0. The molecular weight excluding hydrogens is 582 g/mol. The van der Waals surface area contributed by atoms with Crippen LogP contribution in [0.5, 0.6) is 0 Å². The van der Waals surface area contributed by atoms with Gasteiger partial charge in [-0.1, -0.05) is 51.1 Å². The number of nitrogens with one attached hydrogen (secondary N) is 3. The fraction of sp³-hybridized carbons (Fsp3) is 0.424. The van der Waals surface area contributed by atoms with Gasteiger partial charge in [0.2, 0.25) is 11.8 Å². The SMILES string of the molecule is CC(C)(C)[C@@H](NCC[C@H](N)C(=O)NCCN[C@@H](CCC(N)=O)C(=O)O)c1cc(-c2cc(F)ccc2F)cn1Cc1ccccc1. The lowest BCUT2D eigenvalue weighted by molar-refractivity contribution is -0.139. The Hall–Kier alpha value is -4.13. The van der Waals surface area contributed by atoms with E-state index in [0.717, 1.165) is 23.4 Å². The van der Waals surface area contributed by atoms with Gasteiger partial charge in [-0.25, -0.2) is 8.78 Å². The average molecular weight is 627 g/mol. The molecule has 8 N–H and O–H groups in total. The van der Waals surface area contributed by atoms with E-state index < -0.39 is 35.6 Å². The second-order valence-electron chi connectivity index (χ2n) is 12.2. The summed E-state index contributed by atoms with van der Waals surface area (Å²) in [6, 6.07) is 13.1. The lowest BCUT2D eigenvalue weighted by Gasteiger charge is -2.33. The standard InChI is InChI=1S/C33H44F2N6O4/c1-33(2,3)30(39-14-13-26(36)31(43)40-16-15-38-27(32(44)45)11-12-29(37)42)28-17-22(24-18-23(34)9-10-25(24)35)20-41(28)19-21-7-5-4-6-8-21/h4-10,17-18,20,26-27,30,38-39H,11-16,19,36H2,1-3H3,(H2,37,42)(H,40,43)(H,44,45)/t26-,27-,30-/m0/s1. The van der Waals surface area contributed by atoms with Crippen molar-refractivity contribution in [1.82, 2.24) is 20.5 Å². The number of carbonyl (C=O) groups excluding carboxylic acids is 2. The predicted octanol–water partition coefficient (Wildman–Crippen LogP) is 3.30. The predicted molar refractivity (Wildman–Crippen MR) is 169 cm³/mol. The van der Waals surface area contributed by atoms with Crippen LogP contribution in [0.15, 0.2) is 60.8 Å². The molecule has 1 aromatic heterocycles. The molecule has 3 aromatic rings. The zero-order chi connectivity index (χ0) is 33.1. The first kappa shape index (κ1) is 35.4. The van der Waals surface area contributed by atoms with Crippen molar-refractivity contribution in [2.24, 2.45) is 16.9 Å². The van der Waals surface area contributed by atoms with Crippen molar-refractivity contribution in [3.05, 3.63) is 83.7 Å². The molecular formula is C33H44F2N6O4. The highest BCUT2D eigenvalue weighted by molar-refractivity contribution is 5.81. The summed E-state index contributed by atoms with van der Waals surface area (Å²) in [6.07, 6.45) is 2.12. The number of rotatable bonds is 17. The third kappa shape index (κ3) is 10.8. The molecule has 3 rings (SSSR count). The molecule has 0 fully saturated rings. The van der Waals surface area contributed by atoms with Gasteiger partial charge in [-0.3, -0.25) is 14.4 Å². The summed E-state index contributed by atoms with van der Waals surface area (Å²) in [5, 5.41) is 18.3. The van der Waals surface area contributed by atoms with Crippen molar-refractivity contribution >= 4 is 17.8 Å². The van der Waals surface area contributed by atoms with Crippen LogP contribution in [-0.2, 0) is 20.9 Å². The van der Waals surface area contributed by atoms with E-state index in [0.29, 0.717) is 25.1 Å². The molecule has 3 atom stereocenters. The first-order valence-corrected chi connectivity index (χ1v) is 15.0. The van der Waals surface area contributed by atoms with Gasteiger partial charge >= 0.3 is 5.97 Å². The summed E-state index contributed by atoms with van der Waals surface area (Å²) in [4.78, 5) is 34.9. The molecule has 0 aliphatic heterocycles. The minimum atomic E-state index is -1.11. The normalized spacial score (nSPS) is 13.6. The number of amides is 2. The molecule has 0 radical (unpaired) electrons. The molecule has 10 nitrogen and oxygen atoms in total. The van der Waals surface area contributed by atoms with Crippen molar-refractivity contribution in [2.75, 3.05) is 19.6 Å². The maximum Gasteiger partial charge on any atom is 0.320 e. The number of nitrogens with zero attached hydrogens (tertiary/aromatic N) is 1. The number of carboxylic acid groups (broad SMARTS) is 1. The van der Waals surface area contributed by atoms with Crippen LogP contribution in [-0.4, -0.2) is 59.2 Å². The molecule has 0 aliphatic carbocycles. The number of primary amides is 1. The maximum atomic E-state index is 14.8. The second-order valence-corrected chi connectivity index (χ2v) is 12.2. The number of carbonyl (C=O) groups is 3. The van der Waals surface area contributed by atoms with E-state index in [1.165, 1.54) is 6.07 Å². The maximum absolute atomic E-state index is 14.8. The number of nitrogens with two attached hydrogens (primary N) is 2. The van der Waals surface area contributed by atoms with Crippen molar-refractivity contribution in [2.45, 2.75) is 64.7 Å². The van der Waals surface area contributed by atoms with E-state index in [9.17, 15) is 28.3 Å². The third-order valence-electron chi connectivity index (χ3n) is 7.46. The highest BCUT2D eigenvalue weighted by Gasteiger charge is 2.30. The van der Waals surface area contributed by atoms with Crippen molar-refractivity contribution in [3.8, 4) is 11.1 Å². The molecule has 0 saturated heterocycles. The molecule has 45 heavy (non-hydrogen) atoms. The number of aromatic nitrogens is 1. The molecule has 2 amide bonds. The Kier molecular flexibility index (Phi) is 12.8. The summed E-state index contributed by atoms with van der Waals surface area (Å²) in [7, 11) is 0. The second kappa shape index (κ2) is 16.3. The Balaban J connectivity index is 1.68. The van der Waals surface area contributed by atoms with Crippen LogP contribution in [0.25, 0.3) is 11.1 Å². The first-order valence-electron chi connectivity index (χ1n) is 15.0. The van der Waals surface area contributed by atoms with Gasteiger partial charge in [0.05, 0.1) is 12.1 Å². The van der Waals surface area contributed by atoms with Crippen molar-refractivity contribution in [3.63, 3.8) is 0 Å². The summed E-state index contributed by atoms with van der Waals surface area (Å²) in [5.74, 6) is -3.12. The van der Waals surface area contributed by atoms with E-state index >= 15 is 0 Å². The highest BCUT2D eigenvalue weighted by Crippen LogP contribution is 2.37. The number of aliphatic carboxylic acids is 1. The van der Waals surface area contributed by atoms with Gasteiger partial charge in [0.15, 0.2) is 0 Å². The Morgan fingerprint density at radius 1 is 0.956 bits per heavy atom. The lowest BCUT2D eigenvalue weighted by Crippen LogP contribution is -2.46. The monoisotopic (exact) mass is 626 g/mol. The van der Waals surface area contributed by atoms with Gasteiger partial charge in [0.1, 0.15) is 17.7 Å². The summed E-state index contributed by atoms with van der Waals surface area (Å²) in [5.41, 5.74) is 13.6. The minimum absolute atomic E-state index is 0.0478. The van der Waals surface area contributed by atoms with Crippen LogP contribution in [0.4, 0.5) is 8.78 Å². The molecule has 0 bridgehead atoms. The van der Waals surface area contributed by atoms with Crippen molar-refractivity contribution < 1.29 is 28.3 Å². The van der Waals surface area contributed by atoms with E-state index in [2.05, 4.69) is 36.7 Å². The molecule has 0 saturated carbocycles. The number of carboxylic acids is 1. The van der Waals surface area contributed by atoms with Gasteiger partial charge < -0.3 is 37.1 Å². The lowest BCUT2D eigenvalue weighted by atomic mass is 9.84. The van der Waals surface area contributed by atoms with Crippen molar-refractivity contribution in [1.29, 1.82) is 0 Å². The van der Waals surface area contributed by atoms with Crippen LogP contribution in [0.3, 0.4) is 0 Å². The topological polar surface area (TPSA) is 164 Å². The first-order chi connectivity index (χ1) is 21.3. The largest absolute Gasteiger partial charge is 0.480 e. The van der Waals surface area contributed by atoms with E-state index in [1.807, 2.05) is 47.2 Å². The van der Waals surface area contributed by atoms with Crippen LogP contribution in [0.1, 0.15) is 57.3 Å². The average Bonchev–Trinajstić information content (AvgIpc) is 3.37. The number of hydrogen-bond acceptors (Lipinski definition) is 6. The summed E-state index contributed by atoms with van der Waals surface area (Å²) < 4.78 is 30.9. The smallest absolute Gasteiger partial charge is 0.320 e. The van der Waals surface area contributed by atoms with Gasteiger partial charge in [-0.2, -0.15) is 0 Å². The Morgan fingerprint density at radius 3 is 2.31 bits per heavy atom. The number of benzene rings is 2. The minimum Gasteiger partial charge on any atom is -0.480 e. The number of hydrogen-bond donors (Lipinski definition) is 6. The highest BCUT2D eigenvalue weighted by atomic mass is 19.1. The fourth-order valence-electron chi connectivity index (χ4n) is 5.09. The van der Waals surface area contributed by atoms with E-state index in [-0.39, 0.29) is 48.9 Å². The Labute approximate surface area is 262 Å². The molecule has 12 heteroatoms. The van der Waals surface area contributed by atoms with Gasteiger partial charge in [-0.05, 0) is 54.6 Å². The Bertz CT molecular complexity index is 1440. The van der Waals surface area contributed by atoms with E-state index in [4.69, 9.17) is 11.5 Å². The van der Waals surface area contributed by atoms with Crippen LogP contribution < -0.4 is 27.4 Å². The van der Waals surface area contributed by atoms with Crippen LogP contribution in [0, 0.1) is 17.0 Å². The molecule has 0 spiro atoms.